The molecule has 16 heavy (non-hydrogen) atoms. The van der Waals surface area contributed by atoms with Crippen LogP contribution in [0.15, 0.2) is 48.9 Å². The lowest BCUT2D eigenvalue weighted by molar-refractivity contribution is 1.20. The zero-order valence-electron chi connectivity index (χ0n) is 8.54. The topological polar surface area (TPSA) is 56.2 Å². The summed E-state index contributed by atoms with van der Waals surface area (Å²) in [4.78, 5) is 8.56. The molecule has 0 atom stereocenters. The summed E-state index contributed by atoms with van der Waals surface area (Å²) >= 11 is 0. The van der Waals surface area contributed by atoms with Crippen molar-refractivity contribution in [3.63, 3.8) is 0 Å². The van der Waals surface area contributed by atoms with Gasteiger partial charge in [-0.3, -0.25) is 9.38 Å². The Bertz CT molecular complexity index is 628. The minimum atomic E-state index is 0.681. The predicted octanol–water partition coefficient (Wildman–Crippen LogP) is 1.98. The van der Waals surface area contributed by atoms with Crippen LogP contribution in [0.5, 0.6) is 0 Å². The van der Waals surface area contributed by atoms with Crippen LogP contribution in [0.2, 0.25) is 0 Å². The molecular formula is C12H10N4. The fourth-order valence-corrected chi connectivity index (χ4v) is 1.69. The monoisotopic (exact) mass is 210 g/mol. The molecular weight excluding hydrogens is 200 g/mol. The van der Waals surface area contributed by atoms with E-state index in [4.69, 9.17) is 5.73 Å². The van der Waals surface area contributed by atoms with Crippen molar-refractivity contribution in [1.29, 1.82) is 0 Å². The fraction of sp³-hybridized carbons (Fsp3) is 0. The minimum Gasteiger partial charge on any atom is -0.385 e. The van der Waals surface area contributed by atoms with Crippen molar-refractivity contribution in [3.05, 3.63) is 48.9 Å². The van der Waals surface area contributed by atoms with Crippen LogP contribution in [0, 0.1) is 0 Å². The highest BCUT2D eigenvalue weighted by Gasteiger charge is 2.04. The van der Waals surface area contributed by atoms with Crippen molar-refractivity contribution in [1.82, 2.24) is 14.4 Å². The maximum Gasteiger partial charge on any atom is 0.139 e. The van der Waals surface area contributed by atoms with Crippen molar-refractivity contribution in [3.8, 4) is 11.3 Å². The first-order valence-corrected chi connectivity index (χ1v) is 4.98. The summed E-state index contributed by atoms with van der Waals surface area (Å²) < 4.78 is 1.86. The van der Waals surface area contributed by atoms with E-state index < -0.39 is 0 Å². The van der Waals surface area contributed by atoms with Gasteiger partial charge in [0.25, 0.3) is 0 Å². The van der Waals surface area contributed by atoms with E-state index in [2.05, 4.69) is 9.97 Å². The number of nitrogens with two attached hydrogens (primary N) is 1. The first kappa shape index (κ1) is 8.91. The van der Waals surface area contributed by atoms with E-state index in [9.17, 15) is 0 Å². The molecule has 0 amide bonds. The highest BCUT2D eigenvalue weighted by Crippen LogP contribution is 2.19. The molecule has 78 valence electrons. The molecule has 0 bridgehead atoms. The Morgan fingerprint density at radius 1 is 1.12 bits per heavy atom. The van der Waals surface area contributed by atoms with E-state index >= 15 is 0 Å². The quantitative estimate of drug-likeness (QED) is 0.668. The van der Waals surface area contributed by atoms with Gasteiger partial charge in [0.2, 0.25) is 0 Å². The van der Waals surface area contributed by atoms with Crippen LogP contribution in [0.25, 0.3) is 16.9 Å². The van der Waals surface area contributed by atoms with E-state index in [-0.39, 0.29) is 0 Å². The summed E-state index contributed by atoms with van der Waals surface area (Å²) in [5, 5.41) is 0. The number of pyridine rings is 2. The lowest BCUT2D eigenvalue weighted by atomic mass is 10.2. The second-order valence-corrected chi connectivity index (χ2v) is 3.55. The zero-order valence-corrected chi connectivity index (χ0v) is 8.54. The van der Waals surface area contributed by atoms with Gasteiger partial charge in [-0.1, -0.05) is 6.07 Å². The summed E-state index contributed by atoms with van der Waals surface area (Å²) in [6, 6.07) is 9.54. The first-order chi connectivity index (χ1) is 7.84. The maximum absolute atomic E-state index is 5.85. The van der Waals surface area contributed by atoms with E-state index in [1.54, 1.807) is 12.4 Å². The van der Waals surface area contributed by atoms with Gasteiger partial charge in [0.15, 0.2) is 0 Å². The summed E-state index contributed by atoms with van der Waals surface area (Å²) in [6.45, 7) is 0. The van der Waals surface area contributed by atoms with Crippen LogP contribution in [-0.2, 0) is 0 Å². The van der Waals surface area contributed by atoms with Crippen LogP contribution in [-0.4, -0.2) is 14.4 Å². The van der Waals surface area contributed by atoms with E-state index in [0.717, 1.165) is 16.9 Å². The zero-order chi connectivity index (χ0) is 11.0. The van der Waals surface area contributed by atoms with Crippen molar-refractivity contribution in [2.75, 3.05) is 5.73 Å². The number of rotatable bonds is 1. The number of anilines is 1. The lowest BCUT2D eigenvalue weighted by Crippen LogP contribution is -1.93. The molecule has 3 aromatic rings. The molecule has 2 N–H and O–H groups in total. The standard InChI is InChI=1S/C12H10N4/c13-11-4-1-5-12-15-10(8-16(11)12)9-3-2-6-14-7-9/h1-8H,13H2. The summed E-state index contributed by atoms with van der Waals surface area (Å²) in [7, 11) is 0. The third kappa shape index (κ3) is 1.32. The largest absolute Gasteiger partial charge is 0.385 e. The molecule has 0 saturated heterocycles. The number of nitrogen functional groups attached to an aromatic ring is 1. The number of hydrogen-bond acceptors (Lipinski definition) is 3. The van der Waals surface area contributed by atoms with Crippen LogP contribution >= 0.6 is 0 Å². The maximum atomic E-state index is 5.85. The molecule has 3 heterocycles. The average Bonchev–Trinajstić information content (AvgIpc) is 2.76. The van der Waals surface area contributed by atoms with Crippen molar-refractivity contribution in [2.24, 2.45) is 0 Å². The number of aromatic nitrogens is 3. The minimum absolute atomic E-state index is 0.681. The van der Waals surface area contributed by atoms with Crippen LogP contribution in [0.4, 0.5) is 5.82 Å². The summed E-state index contributed by atoms with van der Waals surface area (Å²) in [6.07, 6.45) is 5.45. The van der Waals surface area contributed by atoms with Gasteiger partial charge >= 0.3 is 0 Å². The van der Waals surface area contributed by atoms with E-state index in [1.165, 1.54) is 0 Å². The molecule has 0 unspecified atom stereocenters. The second-order valence-electron chi connectivity index (χ2n) is 3.55. The summed E-state index contributed by atoms with van der Waals surface area (Å²) in [5.41, 5.74) is 8.57. The molecule has 0 aromatic carbocycles. The van der Waals surface area contributed by atoms with Gasteiger partial charge in [-0.15, -0.1) is 0 Å². The van der Waals surface area contributed by atoms with Gasteiger partial charge in [0, 0.05) is 24.2 Å². The molecule has 0 aliphatic rings. The van der Waals surface area contributed by atoms with Crippen molar-refractivity contribution in [2.45, 2.75) is 0 Å². The predicted molar refractivity (Wildman–Crippen MR) is 62.8 cm³/mol. The Kier molecular flexibility index (Phi) is 1.86. The Morgan fingerprint density at radius 2 is 2.06 bits per heavy atom. The Balaban J connectivity index is 2.23. The van der Waals surface area contributed by atoms with Crippen LogP contribution in [0.1, 0.15) is 0 Å². The molecule has 3 rings (SSSR count). The van der Waals surface area contributed by atoms with Crippen LogP contribution in [0.3, 0.4) is 0 Å². The molecule has 0 fully saturated rings. The average molecular weight is 210 g/mol. The third-order valence-corrected chi connectivity index (χ3v) is 2.48. The second kappa shape index (κ2) is 3.34. The van der Waals surface area contributed by atoms with Gasteiger partial charge in [-0.05, 0) is 24.3 Å². The van der Waals surface area contributed by atoms with Crippen molar-refractivity contribution < 1.29 is 0 Å². The molecule has 4 heteroatoms. The molecule has 0 spiro atoms. The molecule has 3 aromatic heterocycles. The van der Waals surface area contributed by atoms with E-state index in [1.807, 2.05) is 40.9 Å². The normalized spacial score (nSPS) is 10.8. The molecule has 0 aliphatic carbocycles. The fourth-order valence-electron chi connectivity index (χ4n) is 1.69. The molecule has 0 radical (unpaired) electrons. The number of fused-ring (bicyclic) bond motifs is 1. The van der Waals surface area contributed by atoms with Gasteiger partial charge < -0.3 is 5.73 Å². The Labute approximate surface area is 92.4 Å². The molecule has 4 nitrogen and oxygen atoms in total. The SMILES string of the molecule is Nc1cccc2nc(-c3cccnc3)cn12. The van der Waals surface area contributed by atoms with Gasteiger partial charge in [-0.2, -0.15) is 0 Å². The smallest absolute Gasteiger partial charge is 0.139 e. The highest BCUT2D eigenvalue weighted by molar-refractivity contribution is 5.63. The van der Waals surface area contributed by atoms with E-state index in [0.29, 0.717) is 5.82 Å². The van der Waals surface area contributed by atoms with Crippen LogP contribution < -0.4 is 5.73 Å². The lowest BCUT2D eigenvalue weighted by Gasteiger charge is -1.95. The van der Waals surface area contributed by atoms with Gasteiger partial charge in [0.05, 0.1) is 5.69 Å². The van der Waals surface area contributed by atoms with Gasteiger partial charge in [-0.25, -0.2) is 4.98 Å². The van der Waals surface area contributed by atoms with Gasteiger partial charge in [0.1, 0.15) is 11.5 Å². The Hall–Kier alpha value is -2.36. The first-order valence-electron chi connectivity index (χ1n) is 4.98. The number of imidazole rings is 1. The Morgan fingerprint density at radius 3 is 2.81 bits per heavy atom. The number of hydrogen-bond donors (Lipinski definition) is 1. The summed E-state index contributed by atoms with van der Waals surface area (Å²) in [5.74, 6) is 0.681. The van der Waals surface area contributed by atoms with Crippen molar-refractivity contribution >= 4 is 11.5 Å². The third-order valence-electron chi connectivity index (χ3n) is 2.48. The molecule has 0 saturated carbocycles. The molecule has 0 aliphatic heterocycles. The highest BCUT2D eigenvalue weighted by atomic mass is 15.0. The number of nitrogens with zero attached hydrogens (tertiary/aromatic N) is 3.